The maximum Gasteiger partial charge on any atom is 0.322 e. The van der Waals surface area contributed by atoms with Crippen LogP contribution in [0.2, 0.25) is 4.47 Å². The van der Waals surface area contributed by atoms with Crippen molar-refractivity contribution in [3.8, 4) is 0 Å². The Morgan fingerprint density at radius 1 is 1.35 bits per heavy atom. The van der Waals surface area contributed by atoms with Crippen LogP contribution >= 0.6 is 22.9 Å². The number of carbonyl (C=O) groups excluding carboxylic acids is 1. The first-order valence-electron chi connectivity index (χ1n) is 7.28. The number of nitrogens with zero attached hydrogens (tertiary/aromatic N) is 2. The fourth-order valence-electron chi connectivity index (χ4n) is 2.23. The number of amides is 2. The molecule has 23 heavy (non-hydrogen) atoms. The molecule has 1 aliphatic heterocycles. The zero-order valence-electron chi connectivity index (χ0n) is 12.4. The third-order valence-corrected chi connectivity index (χ3v) is 4.52. The van der Waals surface area contributed by atoms with Gasteiger partial charge in [-0.1, -0.05) is 17.7 Å². The molecule has 1 aliphatic rings. The number of rotatable bonds is 4. The Kier molecular flexibility index (Phi) is 5.32. The molecule has 0 spiro atoms. The first kappa shape index (κ1) is 16.0. The van der Waals surface area contributed by atoms with Gasteiger partial charge in [0.05, 0.1) is 19.8 Å². The van der Waals surface area contributed by atoms with Crippen molar-refractivity contribution in [1.29, 1.82) is 0 Å². The van der Waals surface area contributed by atoms with Gasteiger partial charge < -0.3 is 20.3 Å². The molecule has 8 heteroatoms. The largest absolute Gasteiger partial charge is 0.380 e. The molecule has 1 aromatic carbocycles. The molecule has 6 nitrogen and oxygen atoms in total. The molecular formula is C15H17ClN4O2S. The van der Waals surface area contributed by atoms with E-state index in [-0.39, 0.29) is 6.03 Å². The number of hydrogen-bond acceptors (Lipinski definition) is 5. The molecule has 3 rings (SSSR count). The number of thiazole rings is 1. The third-order valence-electron chi connectivity index (χ3n) is 3.40. The van der Waals surface area contributed by atoms with Crippen molar-refractivity contribution in [1.82, 2.24) is 9.88 Å². The molecule has 0 unspecified atom stereocenters. The lowest BCUT2D eigenvalue weighted by Gasteiger charge is -2.27. The van der Waals surface area contributed by atoms with E-state index in [4.69, 9.17) is 16.3 Å². The van der Waals surface area contributed by atoms with Crippen LogP contribution in [0.5, 0.6) is 0 Å². The summed E-state index contributed by atoms with van der Waals surface area (Å²) in [6, 6.07) is 7.53. The molecule has 0 bridgehead atoms. The summed E-state index contributed by atoms with van der Waals surface area (Å²) < 4.78 is 5.79. The molecule has 2 heterocycles. The highest BCUT2D eigenvalue weighted by Gasteiger charge is 2.16. The zero-order valence-corrected chi connectivity index (χ0v) is 14.0. The normalized spacial score (nSPS) is 14.6. The monoisotopic (exact) mass is 352 g/mol. The molecule has 2 aromatic rings. The topological polar surface area (TPSA) is 66.5 Å². The lowest BCUT2D eigenvalue weighted by molar-refractivity contribution is 0.0564. The van der Waals surface area contributed by atoms with Gasteiger partial charge in [0, 0.05) is 35.5 Å². The minimum absolute atomic E-state index is 0.0975. The lowest BCUT2D eigenvalue weighted by Crippen LogP contribution is -2.43. The summed E-state index contributed by atoms with van der Waals surface area (Å²) in [5.74, 6) is 0. The number of urea groups is 1. The van der Waals surface area contributed by atoms with Crippen LogP contribution in [0.3, 0.4) is 0 Å². The maximum absolute atomic E-state index is 12.2. The van der Waals surface area contributed by atoms with Crippen LogP contribution in [-0.4, -0.2) is 42.2 Å². The number of hydrogen-bond donors (Lipinski definition) is 2. The van der Waals surface area contributed by atoms with Gasteiger partial charge in [-0.15, -0.1) is 11.3 Å². The molecule has 2 amide bonds. The molecule has 0 radical (unpaired) electrons. The van der Waals surface area contributed by atoms with Gasteiger partial charge in [0.2, 0.25) is 0 Å². The number of carbonyl (C=O) groups is 1. The van der Waals surface area contributed by atoms with Crippen LogP contribution < -0.4 is 10.6 Å². The SMILES string of the molecule is O=C(Nc1cccc(NCc2cnc(Cl)s2)c1)N1CCOCC1. The number of nitrogens with one attached hydrogen (secondary N) is 2. The highest BCUT2D eigenvalue weighted by Crippen LogP contribution is 2.20. The quantitative estimate of drug-likeness (QED) is 0.886. The summed E-state index contributed by atoms with van der Waals surface area (Å²) in [6.07, 6.45) is 1.75. The van der Waals surface area contributed by atoms with Gasteiger partial charge in [-0.05, 0) is 18.2 Å². The number of halogens is 1. The summed E-state index contributed by atoms with van der Waals surface area (Å²) in [5, 5.41) is 6.21. The minimum atomic E-state index is -0.0975. The molecule has 1 saturated heterocycles. The zero-order chi connectivity index (χ0) is 16.1. The highest BCUT2D eigenvalue weighted by molar-refractivity contribution is 7.15. The maximum atomic E-state index is 12.2. The van der Waals surface area contributed by atoms with E-state index < -0.39 is 0 Å². The summed E-state index contributed by atoms with van der Waals surface area (Å²) in [6.45, 7) is 3.07. The van der Waals surface area contributed by atoms with E-state index in [9.17, 15) is 4.79 Å². The Hall–Kier alpha value is -1.83. The Morgan fingerprint density at radius 3 is 2.87 bits per heavy atom. The number of morpholine rings is 1. The van der Waals surface area contributed by atoms with Crippen LogP contribution in [-0.2, 0) is 11.3 Å². The van der Waals surface area contributed by atoms with Crippen molar-refractivity contribution in [3.63, 3.8) is 0 Å². The van der Waals surface area contributed by atoms with Crippen molar-refractivity contribution in [2.75, 3.05) is 36.9 Å². The van der Waals surface area contributed by atoms with E-state index in [1.807, 2.05) is 24.3 Å². The Bertz CT molecular complexity index is 673. The van der Waals surface area contributed by atoms with Crippen molar-refractivity contribution in [3.05, 3.63) is 39.8 Å². The van der Waals surface area contributed by atoms with Gasteiger partial charge in [-0.2, -0.15) is 0 Å². The number of ether oxygens (including phenoxy) is 1. The Labute approximate surface area is 143 Å². The number of benzene rings is 1. The van der Waals surface area contributed by atoms with Gasteiger partial charge in [0.1, 0.15) is 0 Å². The molecule has 0 atom stereocenters. The molecule has 1 fully saturated rings. The van der Waals surface area contributed by atoms with E-state index in [1.54, 1.807) is 11.1 Å². The summed E-state index contributed by atoms with van der Waals surface area (Å²) in [4.78, 5) is 19.0. The van der Waals surface area contributed by atoms with Gasteiger partial charge in [0.15, 0.2) is 4.47 Å². The first-order valence-corrected chi connectivity index (χ1v) is 8.48. The molecule has 1 aromatic heterocycles. The summed E-state index contributed by atoms with van der Waals surface area (Å²) >= 11 is 7.26. The second kappa shape index (κ2) is 7.63. The molecule has 0 aliphatic carbocycles. The van der Waals surface area contributed by atoms with Crippen LogP contribution in [0.25, 0.3) is 0 Å². The second-order valence-electron chi connectivity index (χ2n) is 5.04. The average Bonchev–Trinajstić information content (AvgIpc) is 3.00. The highest BCUT2D eigenvalue weighted by atomic mass is 35.5. The third kappa shape index (κ3) is 4.57. The van der Waals surface area contributed by atoms with Crippen molar-refractivity contribution in [2.24, 2.45) is 0 Å². The van der Waals surface area contributed by atoms with E-state index in [2.05, 4.69) is 15.6 Å². The van der Waals surface area contributed by atoms with E-state index in [0.29, 0.717) is 37.3 Å². The predicted molar refractivity (Wildman–Crippen MR) is 92.3 cm³/mol. The summed E-state index contributed by atoms with van der Waals surface area (Å²) in [5.41, 5.74) is 1.68. The number of aromatic nitrogens is 1. The van der Waals surface area contributed by atoms with Gasteiger partial charge >= 0.3 is 6.03 Å². The van der Waals surface area contributed by atoms with E-state index >= 15 is 0 Å². The first-order chi connectivity index (χ1) is 11.2. The second-order valence-corrected chi connectivity index (χ2v) is 6.74. The molecule has 2 N–H and O–H groups in total. The fourth-order valence-corrected chi connectivity index (χ4v) is 3.15. The molecular weight excluding hydrogens is 336 g/mol. The van der Waals surface area contributed by atoms with Crippen molar-refractivity contribution >= 4 is 40.3 Å². The summed E-state index contributed by atoms with van der Waals surface area (Å²) in [7, 11) is 0. The smallest absolute Gasteiger partial charge is 0.322 e. The van der Waals surface area contributed by atoms with Crippen LogP contribution in [0.1, 0.15) is 4.88 Å². The van der Waals surface area contributed by atoms with E-state index in [1.165, 1.54) is 11.3 Å². The molecule has 0 saturated carbocycles. The van der Waals surface area contributed by atoms with Crippen LogP contribution in [0.15, 0.2) is 30.5 Å². The van der Waals surface area contributed by atoms with Crippen molar-refractivity contribution in [2.45, 2.75) is 6.54 Å². The van der Waals surface area contributed by atoms with Gasteiger partial charge in [-0.25, -0.2) is 9.78 Å². The standard InChI is InChI=1S/C15H17ClN4O2S/c16-14-18-10-13(23-14)9-17-11-2-1-3-12(8-11)19-15(21)20-4-6-22-7-5-20/h1-3,8,10,17H,4-7,9H2,(H,19,21). The minimum Gasteiger partial charge on any atom is -0.380 e. The predicted octanol–water partition coefficient (Wildman–Crippen LogP) is 3.27. The van der Waals surface area contributed by atoms with E-state index in [0.717, 1.165) is 16.3 Å². The lowest BCUT2D eigenvalue weighted by atomic mass is 10.2. The van der Waals surface area contributed by atoms with Crippen LogP contribution in [0.4, 0.5) is 16.2 Å². The van der Waals surface area contributed by atoms with Gasteiger partial charge in [0.25, 0.3) is 0 Å². The Morgan fingerprint density at radius 2 is 2.13 bits per heavy atom. The fraction of sp³-hybridized carbons (Fsp3) is 0.333. The van der Waals surface area contributed by atoms with Crippen LogP contribution in [0, 0.1) is 0 Å². The number of anilines is 2. The van der Waals surface area contributed by atoms with Gasteiger partial charge in [-0.3, -0.25) is 0 Å². The van der Waals surface area contributed by atoms with Crippen molar-refractivity contribution < 1.29 is 9.53 Å². The molecule has 122 valence electrons. The Balaban J connectivity index is 1.57. The average molecular weight is 353 g/mol.